The second-order valence-electron chi connectivity index (χ2n) is 4.97. The monoisotopic (exact) mass is 313 g/mol. The third-order valence-corrected chi connectivity index (χ3v) is 4.72. The van der Waals surface area contributed by atoms with Crippen LogP contribution in [0.2, 0.25) is 0 Å². The fraction of sp³-hybridized carbons (Fsp3) is 0.462. The predicted octanol–water partition coefficient (Wildman–Crippen LogP) is 0.190. The van der Waals surface area contributed by atoms with Crippen molar-refractivity contribution in [2.75, 3.05) is 48.7 Å². The van der Waals surface area contributed by atoms with Gasteiger partial charge in [0.15, 0.2) is 0 Å². The SMILES string of the molecule is CN(c1ccc(N2CCNCC2)cc1C(=O)O)S(C)(=O)=O. The second kappa shape index (κ2) is 5.90. The van der Waals surface area contributed by atoms with Crippen LogP contribution in [0.3, 0.4) is 0 Å². The van der Waals surface area contributed by atoms with Gasteiger partial charge >= 0.3 is 5.97 Å². The van der Waals surface area contributed by atoms with Gasteiger partial charge in [-0.15, -0.1) is 0 Å². The molecule has 0 bridgehead atoms. The van der Waals surface area contributed by atoms with E-state index in [1.54, 1.807) is 12.1 Å². The summed E-state index contributed by atoms with van der Waals surface area (Å²) in [5.74, 6) is -1.14. The van der Waals surface area contributed by atoms with Gasteiger partial charge in [-0.05, 0) is 18.2 Å². The molecule has 1 aromatic carbocycles. The fourth-order valence-corrected chi connectivity index (χ4v) is 2.78. The van der Waals surface area contributed by atoms with Crippen molar-refractivity contribution in [2.45, 2.75) is 0 Å². The summed E-state index contributed by atoms with van der Waals surface area (Å²) < 4.78 is 24.2. The van der Waals surface area contributed by atoms with Crippen LogP contribution >= 0.6 is 0 Å². The van der Waals surface area contributed by atoms with E-state index in [0.717, 1.165) is 42.4 Å². The number of carbonyl (C=O) groups is 1. The number of carboxylic acids is 1. The molecule has 0 radical (unpaired) electrons. The number of aromatic carboxylic acids is 1. The van der Waals surface area contributed by atoms with Gasteiger partial charge in [0.1, 0.15) is 0 Å². The Bertz CT molecular complexity index is 639. The van der Waals surface area contributed by atoms with E-state index in [1.165, 1.54) is 13.1 Å². The quantitative estimate of drug-likeness (QED) is 0.825. The van der Waals surface area contributed by atoms with Crippen molar-refractivity contribution in [2.24, 2.45) is 0 Å². The number of rotatable bonds is 4. The van der Waals surface area contributed by atoms with E-state index < -0.39 is 16.0 Å². The average Bonchev–Trinajstić information content (AvgIpc) is 2.45. The molecule has 1 heterocycles. The van der Waals surface area contributed by atoms with E-state index in [4.69, 9.17) is 0 Å². The number of hydrogen-bond donors (Lipinski definition) is 2. The molecule has 21 heavy (non-hydrogen) atoms. The van der Waals surface area contributed by atoms with Gasteiger partial charge in [0.25, 0.3) is 0 Å². The molecule has 1 aliphatic rings. The van der Waals surface area contributed by atoms with E-state index in [0.29, 0.717) is 0 Å². The molecule has 0 saturated carbocycles. The van der Waals surface area contributed by atoms with Crippen molar-refractivity contribution in [1.82, 2.24) is 5.32 Å². The summed E-state index contributed by atoms with van der Waals surface area (Å²) in [6.45, 7) is 3.27. The zero-order valence-corrected chi connectivity index (χ0v) is 12.9. The third kappa shape index (κ3) is 3.45. The number of piperazine rings is 1. The lowest BCUT2D eigenvalue weighted by Crippen LogP contribution is -2.43. The zero-order valence-electron chi connectivity index (χ0n) is 12.0. The number of nitrogens with one attached hydrogen (secondary N) is 1. The molecule has 7 nitrogen and oxygen atoms in total. The topological polar surface area (TPSA) is 89.9 Å². The molecule has 8 heteroatoms. The number of hydrogen-bond acceptors (Lipinski definition) is 5. The minimum Gasteiger partial charge on any atom is -0.478 e. The van der Waals surface area contributed by atoms with Crippen molar-refractivity contribution >= 4 is 27.4 Å². The normalized spacial score (nSPS) is 15.8. The highest BCUT2D eigenvalue weighted by Gasteiger charge is 2.21. The molecule has 0 aliphatic carbocycles. The number of benzene rings is 1. The van der Waals surface area contributed by atoms with E-state index in [1.807, 2.05) is 0 Å². The highest BCUT2D eigenvalue weighted by molar-refractivity contribution is 7.92. The van der Waals surface area contributed by atoms with Crippen molar-refractivity contribution in [3.05, 3.63) is 23.8 Å². The summed E-state index contributed by atoms with van der Waals surface area (Å²) in [6.07, 6.45) is 1.04. The van der Waals surface area contributed by atoms with Gasteiger partial charge in [0.05, 0.1) is 17.5 Å². The van der Waals surface area contributed by atoms with Gasteiger partial charge in [-0.1, -0.05) is 0 Å². The summed E-state index contributed by atoms with van der Waals surface area (Å²) >= 11 is 0. The van der Waals surface area contributed by atoms with E-state index in [9.17, 15) is 18.3 Å². The molecule has 0 amide bonds. The summed E-state index contributed by atoms with van der Waals surface area (Å²) in [6, 6.07) is 4.83. The molecule has 1 aliphatic heterocycles. The Morgan fingerprint density at radius 3 is 2.48 bits per heavy atom. The first kappa shape index (κ1) is 15.6. The van der Waals surface area contributed by atoms with Crippen LogP contribution in [0, 0.1) is 0 Å². The average molecular weight is 313 g/mol. The van der Waals surface area contributed by atoms with Gasteiger partial charge in [0.2, 0.25) is 10.0 Å². The molecule has 0 atom stereocenters. The molecule has 0 unspecified atom stereocenters. The van der Waals surface area contributed by atoms with Crippen molar-refractivity contribution in [3.63, 3.8) is 0 Å². The summed E-state index contributed by atoms with van der Waals surface area (Å²) in [5.41, 5.74) is 0.947. The Kier molecular flexibility index (Phi) is 4.38. The number of sulfonamides is 1. The smallest absolute Gasteiger partial charge is 0.337 e. The van der Waals surface area contributed by atoms with Gasteiger partial charge in [-0.2, -0.15) is 0 Å². The van der Waals surface area contributed by atoms with Gasteiger partial charge in [-0.25, -0.2) is 13.2 Å². The molecule has 1 saturated heterocycles. The molecule has 0 spiro atoms. The zero-order chi connectivity index (χ0) is 15.6. The van der Waals surface area contributed by atoms with Crippen molar-refractivity contribution in [1.29, 1.82) is 0 Å². The van der Waals surface area contributed by atoms with Crippen LogP contribution in [0.15, 0.2) is 18.2 Å². The maximum Gasteiger partial charge on any atom is 0.337 e. The van der Waals surface area contributed by atoms with E-state index >= 15 is 0 Å². The van der Waals surface area contributed by atoms with Gasteiger partial charge in [0, 0.05) is 38.9 Å². The van der Waals surface area contributed by atoms with Gasteiger partial charge in [-0.3, -0.25) is 4.31 Å². The first-order valence-electron chi connectivity index (χ1n) is 6.57. The molecule has 1 fully saturated rings. The van der Waals surface area contributed by atoms with E-state index in [-0.39, 0.29) is 11.3 Å². The Hall–Kier alpha value is -1.80. The fourth-order valence-electron chi connectivity index (χ4n) is 2.27. The largest absolute Gasteiger partial charge is 0.478 e. The Morgan fingerprint density at radius 2 is 1.95 bits per heavy atom. The van der Waals surface area contributed by atoms with Gasteiger partial charge < -0.3 is 15.3 Å². The third-order valence-electron chi connectivity index (χ3n) is 3.53. The lowest BCUT2D eigenvalue weighted by molar-refractivity contribution is 0.0698. The van der Waals surface area contributed by atoms with Crippen LogP contribution in [-0.2, 0) is 10.0 Å². The Labute approximate surface area is 124 Å². The Balaban J connectivity index is 2.42. The van der Waals surface area contributed by atoms with Crippen LogP contribution in [0.25, 0.3) is 0 Å². The van der Waals surface area contributed by atoms with Crippen molar-refractivity contribution in [3.8, 4) is 0 Å². The van der Waals surface area contributed by atoms with Crippen LogP contribution in [0.1, 0.15) is 10.4 Å². The first-order valence-corrected chi connectivity index (χ1v) is 8.42. The maximum atomic E-state index is 11.6. The minimum atomic E-state index is -3.50. The Morgan fingerprint density at radius 1 is 1.33 bits per heavy atom. The standard InChI is InChI=1S/C13H19N3O4S/c1-15(21(2,19)20)12-4-3-10(9-11(12)13(17)18)16-7-5-14-6-8-16/h3-4,9,14H,5-8H2,1-2H3,(H,17,18). The minimum absolute atomic E-state index is 0.0149. The lowest BCUT2D eigenvalue weighted by atomic mass is 10.1. The predicted molar refractivity (Wildman–Crippen MR) is 81.7 cm³/mol. The molecular formula is C13H19N3O4S. The number of nitrogens with zero attached hydrogens (tertiary/aromatic N) is 2. The molecule has 116 valence electrons. The highest BCUT2D eigenvalue weighted by atomic mass is 32.2. The van der Waals surface area contributed by atoms with E-state index in [2.05, 4.69) is 10.2 Å². The number of anilines is 2. The van der Waals surface area contributed by atoms with Crippen LogP contribution in [0.4, 0.5) is 11.4 Å². The molecule has 2 rings (SSSR count). The molecule has 2 N–H and O–H groups in total. The maximum absolute atomic E-state index is 11.6. The summed E-state index contributed by atoms with van der Waals surface area (Å²) in [7, 11) is -2.15. The van der Waals surface area contributed by atoms with Crippen LogP contribution in [-0.4, -0.2) is 59.0 Å². The summed E-state index contributed by atoms with van der Waals surface area (Å²) in [4.78, 5) is 13.5. The van der Waals surface area contributed by atoms with Crippen LogP contribution < -0.4 is 14.5 Å². The molecular weight excluding hydrogens is 294 g/mol. The molecule has 0 aromatic heterocycles. The second-order valence-corrected chi connectivity index (χ2v) is 6.99. The number of carboxylic acid groups (broad SMARTS) is 1. The highest BCUT2D eigenvalue weighted by Crippen LogP contribution is 2.27. The molecule has 1 aromatic rings. The summed E-state index contributed by atoms with van der Waals surface area (Å²) in [5, 5.41) is 12.6. The van der Waals surface area contributed by atoms with Crippen molar-refractivity contribution < 1.29 is 18.3 Å². The van der Waals surface area contributed by atoms with Crippen LogP contribution in [0.5, 0.6) is 0 Å². The first-order chi connectivity index (χ1) is 9.80. The lowest BCUT2D eigenvalue weighted by Gasteiger charge is -2.30.